The molecule has 2 aromatic rings. The Hall–Kier alpha value is -2.46. The number of alkyl halides is 3. The van der Waals surface area contributed by atoms with Crippen LogP contribution in [0.4, 0.5) is 13.2 Å². The fourth-order valence-electron chi connectivity index (χ4n) is 1.91. The summed E-state index contributed by atoms with van der Waals surface area (Å²) in [5.74, 6) is 0.627. The highest BCUT2D eigenvalue weighted by Gasteiger charge is 2.30. The van der Waals surface area contributed by atoms with E-state index in [1.165, 1.54) is 12.1 Å². The van der Waals surface area contributed by atoms with Crippen LogP contribution in [0.2, 0.25) is 0 Å². The third-order valence-corrected chi connectivity index (χ3v) is 3.43. The van der Waals surface area contributed by atoms with Crippen LogP contribution in [0.3, 0.4) is 0 Å². The Kier molecular flexibility index (Phi) is 6.92. The lowest BCUT2D eigenvalue weighted by molar-refractivity contribution is -0.137. The number of carbonyl (C=O) groups excluding carboxylic acids is 1. The SMILES string of the molecule is CC(Oc1ccc(Oc2ccc(C(F)(F)F)cc2)cc1)C(=O)NNC(=S)S. The van der Waals surface area contributed by atoms with E-state index in [0.717, 1.165) is 12.1 Å². The summed E-state index contributed by atoms with van der Waals surface area (Å²) in [6, 6.07) is 10.6. The van der Waals surface area contributed by atoms with Gasteiger partial charge < -0.3 is 9.47 Å². The molecule has 0 heterocycles. The summed E-state index contributed by atoms with van der Waals surface area (Å²) < 4.78 is 48.7. The second-order valence-corrected chi connectivity index (χ2v) is 6.43. The molecule has 1 unspecified atom stereocenters. The lowest BCUT2D eigenvalue weighted by Crippen LogP contribution is -2.45. The molecule has 0 aliphatic rings. The van der Waals surface area contributed by atoms with Gasteiger partial charge in [-0.2, -0.15) is 13.2 Å². The number of nitrogens with one attached hydrogen (secondary N) is 2. The molecule has 27 heavy (non-hydrogen) atoms. The molecule has 0 spiro atoms. The lowest BCUT2D eigenvalue weighted by atomic mass is 10.2. The van der Waals surface area contributed by atoms with Gasteiger partial charge in [0.2, 0.25) is 0 Å². The minimum atomic E-state index is -4.40. The fourth-order valence-corrected chi connectivity index (χ4v) is 2.02. The quantitative estimate of drug-likeness (QED) is 0.389. The number of benzene rings is 2. The van der Waals surface area contributed by atoms with Crippen molar-refractivity contribution in [2.75, 3.05) is 0 Å². The molecule has 2 rings (SSSR count). The van der Waals surface area contributed by atoms with Gasteiger partial charge in [0.1, 0.15) is 21.6 Å². The largest absolute Gasteiger partial charge is 0.481 e. The first-order valence-corrected chi connectivity index (χ1v) is 8.41. The summed E-state index contributed by atoms with van der Waals surface area (Å²) in [6.45, 7) is 1.55. The van der Waals surface area contributed by atoms with Crippen LogP contribution in [0, 0.1) is 0 Å². The van der Waals surface area contributed by atoms with E-state index in [0.29, 0.717) is 11.5 Å². The van der Waals surface area contributed by atoms with Crippen LogP contribution < -0.4 is 20.3 Å². The Morgan fingerprint density at radius 3 is 1.96 bits per heavy atom. The van der Waals surface area contributed by atoms with Gasteiger partial charge in [0, 0.05) is 0 Å². The number of thiocarbonyl (C=S) groups is 1. The minimum absolute atomic E-state index is 0.111. The zero-order chi connectivity index (χ0) is 20.0. The van der Waals surface area contributed by atoms with Crippen molar-refractivity contribution < 1.29 is 27.4 Å². The molecule has 0 aliphatic heterocycles. The predicted molar refractivity (Wildman–Crippen MR) is 101 cm³/mol. The number of hydrazine groups is 1. The average Bonchev–Trinajstić information content (AvgIpc) is 2.61. The van der Waals surface area contributed by atoms with Gasteiger partial charge in [-0.3, -0.25) is 15.6 Å². The first-order valence-electron chi connectivity index (χ1n) is 7.56. The predicted octanol–water partition coefficient (Wildman–Crippen LogP) is 4.10. The van der Waals surface area contributed by atoms with Crippen LogP contribution in [0.5, 0.6) is 17.2 Å². The van der Waals surface area contributed by atoms with Gasteiger partial charge in [-0.05, 0) is 55.5 Å². The summed E-state index contributed by atoms with van der Waals surface area (Å²) in [6.07, 6.45) is -5.20. The summed E-state index contributed by atoms with van der Waals surface area (Å²) in [4.78, 5) is 11.8. The topological polar surface area (TPSA) is 59.6 Å². The number of hydrogen-bond donors (Lipinski definition) is 3. The Morgan fingerprint density at radius 2 is 1.48 bits per heavy atom. The molecule has 0 aliphatic carbocycles. The van der Waals surface area contributed by atoms with Crippen LogP contribution in [0.1, 0.15) is 12.5 Å². The van der Waals surface area contributed by atoms with Crippen molar-refractivity contribution in [1.29, 1.82) is 0 Å². The molecule has 2 aromatic carbocycles. The first-order chi connectivity index (χ1) is 12.6. The van der Waals surface area contributed by atoms with Gasteiger partial charge in [-0.15, -0.1) is 12.6 Å². The summed E-state index contributed by atoms with van der Waals surface area (Å²) in [5.41, 5.74) is 3.96. The van der Waals surface area contributed by atoms with Crippen LogP contribution in [-0.2, 0) is 11.0 Å². The van der Waals surface area contributed by atoms with Crippen LogP contribution in [0.15, 0.2) is 48.5 Å². The number of halogens is 3. The molecule has 0 radical (unpaired) electrons. The second kappa shape index (κ2) is 8.96. The van der Waals surface area contributed by atoms with Crippen molar-refractivity contribution in [1.82, 2.24) is 10.9 Å². The number of thiol groups is 1. The highest BCUT2D eigenvalue weighted by atomic mass is 32.1. The normalized spacial score (nSPS) is 12.0. The van der Waals surface area contributed by atoms with E-state index in [2.05, 4.69) is 35.7 Å². The monoisotopic (exact) mass is 416 g/mol. The van der Waals surface area contributed by atoms with Gasteiger partial charge in [-0.25, -0.2) is 0 Å². The maximum atomic E-state index is 12.5. The van der Waals surface area contributed by atoms with E-state index < -0.39 is 23.8 Å². The van der Waals surface area contributed by atoms with Crippen molar-refractivity contribution in [2.45, 2.75) is 19.2 Å². The molecule has 5 nitrogen and oxygen atoms in total. The molecule has 1 atom stereocenters. The molecule has 0 saturated carbocycles. The van der Waals surface area contributed by atoms with Crippen LogP contribution in [-0.4, -0.2) is 16.3 Å². The van der Waals surface area contributed by atoms with E-state index in [4.69, 9.17) is 9.47 Å². The number of ether oxygens (including phenoxy) is 2. The molecule has 0 fully saturated rings. The van der Waals surface area contributed by atoms with Crippen molar-refractivity contribution in [3.63, 3.8) is 0 Å². The standard InChI is InChI=1S/C17H15F3N2O3S2/c1-10(15(23)21-22-16(26)27)24-12-6-8-14(9-7-12)25-13-4-2-11(3-5-13)17(18,19)20/h2-10H,1H3,(H,21,23)(H2,22,26,27). The molecule has 1 amide bonds. The highest BCUT2D eigenvalue weighted by molar-refractivity contribution is 8.11. The maximum Gasteiger partial charge on any atom is 0.416 e. The number of carbonyl (C=O) groups is 1. The Bertz CT molecular complexity index is 797. The molecule has 2 N–H and O–H groups in total. The van der Waals surface area contributed by atoms with E-state index >= 15 is 0 Å². The summed E-state index contributed by atoms with van der Waals surface area (Å²) in [7, 11) is 0. The summed E-state index contributed by atoms with van der Waals surface area (Å²) in [5, 5.41) is 0. The van der Waals surface area contributed by atoms with Crippen LogP contribution in [0.25, 0.3) is 0 Å². The maximum absolute atomic E-state index is 12.5. The molecular weight excluding hydrogens is 401 g/mol. The number of rotatable bonds is 5. The van der Waals surface area contributed by atoms with Gasteiger partial charge >= 0.3 is 6.18 Å². The van der Waals surface area contributed by atoms with Crippen LogP contribution >= 0.6 is 24.8 Å². The zero-order valence-electron chi connectivity index (χ0n) is 13.9. The van der Waals surface area contributed by atoms with E-state index in [1.54, 1.807) is 31.2 Å². The summed E-state index contributed by atoms with van der Waals surface area (Å²) >= 11 is 8.46. The van der Waals surface area contributed by atoms with Crippen molar-refractivity contribution in [2.24, 2.45) is 0 Å². The van der Waals surface area contributed by atoms with Gasteiger partial charge in [0.15, 0.2) is 6.10 Å². The third-order valence-electron chi connectivity index (χ3n) is 3.22. The third kappa shape index (κ3) is 6.65. The fraction of sp³-hybridized carbons (Fsp3) is 0.176. The average molecular weight is 416 g/mol. The van der Waals surface area contributed by atoms with E-state index in [9.17, 15) is 18.0 Å². The molecule has 10 heteroatoms. The molecule has 0 bridgehead atoms. The van der Waals surface area contributed by atoms with E-state index in [-0.39, 0.29) is 10.1 Å². The number of amides is 1. The zero-order valence-corrected chi connectivity index (χ0v) is 15.6. The van der Waals surface area contributed by atoms with Crippen molar-refractivity contribution in [3.8, 4) is 17.2 Å². The molecule has 144 valence electrons. The lowest BCUT2D eigenvalue weighted by Gasteiger charge is -2.15. The second-order valence-electron chi connectivity index (χ2n) is 5.28. The molecule has 0 saturated heterocycles. The van der Waals surface area contributed by atoms with E-state index in [1.807, 2.05) is 0 Å². The highest BCUT2D eigenvalue weighted by Crippen LogP contribution is 2.31. The Morgan fingerprint density at radius 1 is 1.00 bits per heavy atom. The van der Waals surface area contributed by atoms with Gasteiger partial charge in [0.25, 0.3) is 5.91 Å². The number of hydrogen-bond acceptors (Lipinski definition) is 4. The molecule has 0 aromatic heterocycles. The van der Waals surface area contributed by atoms with Gasteiger partial charge in [-0.1, -0.05) is 12.2 Å². The smallest absolute Gasteiger partial charge is 0.416 e. The Balaban J connectivity index is 1.93. The van der Waals surface area contributed by atoms with Crippen molar-refractivity contribution >= 4 is 35.1 Å². The van der Waals surface area contributed by atoms with Gasteiger partial charge in [0.05, 0.1) is 5.56 Å². The molecular formula is C17H15F3N2O3S2. The van der Waals surface area contributed by atoms with Crippen molar-refractivity contribution in [3.05, 3.63) is 54.1 Å². The first kappa shape index (κ1) is 20.8. The minimum Gasteiger partial charge on any atom is -0.481 e. The Labute approximate surface area is 164 Å².